The Hall–Kier alpha value is -1.34. The number of hydrogen-bond donors (Lipinski definition) is 1. The van der Waals surface area contributed by atoms with Gasteiger partial charge in [0.25, 0.3) is 0 Å². The van der Waals surface area contributed by atoms with E-state index in [9.17, 15) is 0 Å². The molecule has 0 unspecified atom stereocenters. The zero-order valence-electron chi connectivity index (χ0n) is 6.20. The van der Waals surface area contributed by atoms with Gasteiger partial charge < -0.3 is 10.3 Å². The van der Waals surface area contributed by atoms with Crippen molar-refractivity contribution in [2.24, 2.45) is 5.73 Å². The van der Waals surface area contributed by atoms with Crippen molar-refractivity contribution >= 4 is 0 Å². The fourth-order valence-corrected chi connectivity index (χ4v) is 0.864. The average Bonchev–Trinajstić information content (AvgIpc) is 2.47. The molecule has 58 valence electrons. The van der Waals surface area contributed by atoms with Gasteiger partial charge in [0.05, 0.1) is 0 Å². The Morgan fingerprint density at radius 3 is 3.18 bits per heavy atom. The van der Waals surface area contributed by atoms with Crippen LogP contribution in [-0.2, 0) is 6.54 Å². The molecule has 1 aromatic rings. The van der Waals surface area contributed by atoms with Crippen LogP contribution < -0.4 is 5.73 Å². The van der Waals surface area contributed by atoms with Gasteiger partial charge in [-0.3, -0.25) is 0 Å². The zero-order valence-corrected chi connectivity index (χ0v) is 6.20. The fourth-order valence-electron chi connectivity index (χ4n) is 0.864. The number of aromatic nitrogens is 2. The van der Waals surface area contributed by atoms with Crippen molar-refractivity contribution < 1.29 is 0 Å². The molecule has 0 atom stereocenters. The van der Waals surface area contributed by atoms with Gasteiger partial charge in [-0.1, -0.05) is 0 Å². The third-order valence-electron chi connectivity index (χ3n) is 1.42. The summed E-state index contributed by atoms with van der Waals surface area (Å²) in [6, 6.07) is 2.00. The molecule has 0 aliphatic carbocycles. The number of nitriles is 1. The molecule has 0 saturated heterocycles. The summed E-state index contributed by atoms with van der Waals surface area (Å²) >= 11 is 0. The summed E-state index contributed by atoms with van der Waals surface area (Å²) in [6.45, 7) is 1.42. The van der Waals surface area contributed by atoms with Gasteiger partial charge >= 0.3 is 0 Å². The van der Waals surface area contributed by atoms with E-state index in [0.717, 1.165) is 13.0 Å². The SMILES string of the molecule is N#Cc1nccn1CCCN. The number of nitrogens with two attached hydrogens (primary N) is 1. The average molecular weight is 150 g/mol. The predicted molar refractivity (Wildman–Crippen MR) is 40.6 cm³/mol. The van der Waals surface area contributed by atoms with Crippen molar-refractivity contribution in [2.45, 2.75) is 13.0 Å². The summed E-state index contributed by atoms with van der Waals surface area (Å²) in [6.07, 6.45) is 4.29. The van der Waals surface area contributed by atoms with Crippen LogP contribution in [0.5, 0.6) is 0 Å². The standard InChI is InChI=1S/C7H10N4/c8-2-1-4-11-5-3-10-7(11)6-9/h3,5H,1-2,4,8H2. The highest BCUT2D eigenvalue weighted by Crippen LogP contribution is 1.96. The van der Waals surface area contributed by atoms with Gasteiger partial charge in [0.15, 0.2) is 0 Å². The van der Waals surface area contributed by atoms with Gasteiger partial charge in [-0.05, 0) is 13.0 Å². The monoisotopic (exact) mass is 150 g/mol. The van der Waals surface area contributed by atoms with E-state index in [-0.39, 0.29) is 0 Å². The Labute approximate surface area is 65.3 Å². The second-order valence-corrected chi connectivity index (χ2v) is 2.20. The maximum Gasteiger partial charge on any atom is 0.212 e. The highest BCUT2D eigenvalue weighted by Gasteiger charge is 1.98. The van der Waals surface area contributed by atoms with E-state index in [1.54, 1.807) is 17.0 Å². The number of nitrogens with zero attached hydrogens (tertiary/aromatic N) is 3. The molecule has 0 aromatic carbocycles. The van der Waals surface area contributed by atoms with Gasteiger partial charge in [-0.15, -0.1) is 0 Å². The Bertz CT molecular complexity index is 258. The van der Waals surface area contributed by atoms with Crippen LogP contribution in [0.15, 0.2) is 12.4 Å². The Morgan fingerprint density at radius 1 is 1.73 bits per heavy atom. The predicted octanol–water partition coefficient (Wildman–Crippen LogP) is 0.104. The summed E-state index contributed by atoms with van der Waals surface area (Å²) in [4.78, 5) is 3.85. The molecule has 4 heteroatoms. The molecule has 0 fully saturated rings. The van der Waals surface area contributed by atoms with Crippen molar-refractivity contribution in [3.8, 4) is 6.07 Å². The van der Waals surface area contributed by atoms with Gasteiger partial charge in [0.2, 0.25) is 5.82 Å². The van der Waals surface area contributed by atoms with Crippen LogP contribution in [0.2, 0.25) is 0 Å². The highest BCUT2D eigenvalue weighted by molar-refractivity contribution is 5.10. The number of hydrogen-bond acceptors (Lipinski definition) is 3. The van der Waals surface area contributed by atoms with Crippen LogP contribution in [0.1, 0.15) is 12.2 Å². The Kier molecular flexibility index (Phi) is 2.64. The lowest BCUT2D eigenvalue weighted by Crippen LogP contribution is -2.06. The maximum absolute atomic E-state index is 8.54. The van der Waals surface area contributed by atoms with Crippen LogP contribution in [0, 0.1) is 11.3 Å². The van der Waals surface area contributed by atoms with E-state index in [0.29, 0.717) is 12.4 Å². The van der Waals surface area contributed by atoms with E-state index in [2.05, 4.69) is 4.98 Å². The van der Waals surface area contributed by atoms with E-state index in [1.807, 2.05) is 6.07 Å². The van der Waals surface area contributed by atoms with Crippen molar-refractivity contribution in [3.05, 3.63) is 18.2 Å². The maximum atomic E-state index is 8.54. The molecule has 2 N–H and O–H groups in total. The summed E-state index contributed by atoms with van der Waals surface area (Å²) < 4.78 is 1.80. The molecule has 0 aliphatic rings. The molecule has 4 nitrogen and oxygen atoms in total. The summed E-state index contributed by atoms with van der Waals surface area (Å²) in [7, 11) is 0. The largest absolute Gasteiger partial charge is 0.330 e. The molecule has 0 spiro atoms. The van der Waals surface area contributed by atoms with Crippen LogP contribution in [0.3, 0.4) is 0 Å². The second kappa shape index (κ2) is 3.74. The molecule has 0 saturated carbocycles. The molecule has 11 heavy (non-hydrogen) atoms. The van der Waals surface area contributed by atoms with Gasteiger partial charge in [0.1, 0.15) is 6.07 Å². The van der Waals surface area contributed by atoms with Crippen LogP contribution in [0.4, 0.5) is 0 Å². The lowest BCUT2D eigenvalue weighted by Gasteiger charge is -1.99. The van der Waals surface area contributed by atoms with Crippen LogP contribution in [-0.4, -0.2) is 16.1 Å². The van der Waals surface area contributed by atoms with Gasteiger partial charge in [0, 0.05) is 18.9 Å². The van der Waals surface area contributed by atoms with Crippen molar-refractivity contribution in [1.82, 2.24) is 9.55 Å². The Morgan fingerprint density at radius 2 is 2.55 bits per heavy atom. The first-order chi connectivity index (χ1) is 5.38. The molecule has 0 aliphatic heterocycles. The normalized spacial score (nSPS) is 9.45. The molecule has 1 heterocycles. The minimum Gasteiger partial charge on any atom is -0.330 e. The first kappa shape index (κ1) is 7.76. The molecule has 1 aromatic heterocycles. The minimum atomic E-state index is 0.457. The highest BCUT2D eigenvalue weighted by atomic mass is 15.1. The summed E-state index contributed by atoms with van der Waals surface area (Å²) in [5.41, 5.74) is 5.32. The third-order valence-corrected chi connectivity index (χ3v) is 1.42. The zero-order chi connectivity index (χ0) is 8.10. The molecule has 1 rings (SSSR count). The van der Waals surface area contributed by atoms with Gasteiger partial charge in [-0.2, -0.15) is 5.26 Å². The molecule has 0 radical (unpaired) electrons. The van der Waals surface area contributed by atoms with Crippen molar-refractivity contribution in [3.63, 3.8) is 0 Å². The van der Waals surface area contributed by atoms with Crippen molar-refractivity contribution in [2.75, 3.05) is 6.54 Å². The van der Waals surface area contributed by atoms with E-state index >= 15 is 0 Å². The number of aryl methyl sites for hydroxylation is 1. The van der Waals surface area contributed by atoms with E-state index in [4.69, 9.17) is 11.0 Å². The number of imidazole rings is 1. The molecule has 0 amide bonds. The number of rotatable bonds is 3. The van der Waals surface area contributed by atoms with Crippen LogP contribution >= 0.6 is 0 Å². The first-order valence-corrected chi connectivity index (χ1v) is 3.50. The topological polar surface area (TPSA) is 67.6 Å². The second-order valence-electron chi connectivity index (χ2n) is 2.20. The minimum absolute atomic E-state index is 0.457. The third kappa shape index (κ3) is 1.79. The van der Waals surface area contributed by atoms with E-state index < -0.39 is 0 Å². The molecular formula is C7H10N4. The van der Waals surface area contributed by atoms with Crippen LogP contribution in [0.25, 0.3) is 0 Å². The smallest absolute Gasteiger partial charge is 0.212 e. The van der Waals surface area contributed by atoms with E-state index in [1.165, 1.54) is 0 Å². The molecule has 0 bridgehead atoms. The Balaban J connectivity index is 2.63. The lowest BCUT2D eigenvalue weighted by atomic mass is 10.4. The fraction of sp³-hybridized carbons (Fsp3) is 0.429. The molecular weight excluding hydrogens is 140 g/mol. The summed E-state index contributed by atoms with van der Waals surface area (Å²) in [5.74, 6) is 0.457. The quantitative estimate of drug-likeness (QED) is 0.664. The van der Waals surface area contributed by atoms with Gasteiger partial charge in [-0.25, -0.2) is 4.98 Å². The summed E-state index contributed by atoms with van der Waals surface area (Å²) in [5, 5.41) is 8.54. The lowest BCUT2D eigenvalue weighted by molar-refractivity contribution is 0.643. The first-order valence-electron chi connectivity index (χ1n) is 3.50. The van der Waals surface area contributed by atoms with Crippen molar-refractivity contribution in [1.29, 1.82) is 5.26 Å².